The Bertz CT molecular complexity index is 2620. The molecular formula is C47H33F3. The minimum absolute atomic E-state index is 0.0811. The quantitative estimate of drug-likeness (QED) is 0.131. The van der Waals surface area contributed by atoms with Crippen molar-refractivity contribution in [1.82, 2.24) is 0 Å². The molecule has 0 N–H and O–H groups in total. The van der Waals surface area contributed by atoms with E-state index in [0.717, 1.165) is 44.8 Å². The Kier molecular flexibility index (Phi) is 6.64. The van der Waals surface area contributed by atoms with Crippen LogP contribution in [0.3, 0.4) is 0 Å². The molecule has 50 heavy (non-hydrogen) atoms. The summed E-state index contributed by atoms with van der Waals surface area (Å²) in [5.74, 6) is 0. The summed E-state index contributed by atoms with van der Waals surface area (Å²) >= 11 is 0. The normalized spacial score (nSPS) is 12.6. The van der Waals surface area contributed by atoms with E-state index < -0.39 is 11.7 Å². The van der Waals surface area contributed by atoms with Gasteiger partial charge in [0.05, 0.1) is 5.56 Å². The Hall–Kier alpha value is -5.67. The maximum Gasteiger partial charge on any atom is 0.416 e. The average Bonchev–Trinajstić information content (AvgIpc) is 3.12. The molecule has 0 atom stereocenters. The summed E-state index contributed by atoms with van der Waals surface area (Å²) in [5, 5.41) is 11.7. The SMILES string of the molecule is CC(C)(C)c1ccc(-c2c3ccccc3c(-c3cc4ccc5cc(-c6ccc(C(F)(F)F)cc6)cc6ccc(c3)c4c56)c3ccccc23)cc1. The van der Waals surface area contributed by atoms with Crippen LogP contribution >= 0.6 is 0 Å². The second-order valence-electron chi connectivity index (χ2n) is 14.5. The van der Waals surface area contributed by atoms with Crippen LogP contribution in [0.15, 0.2) is 146 Å². The van der Waals surface area contributed by atoms with Gasteiger partial charge in [0.1, 0.15) is 0 Å². The molecule has 0 bridgehead atoms. The topological polar surface area (TPSA) is 0 Å². The van der Waals surface area contributed by atoms with Gasteiger partial charge in [-0.2, -0.15) is 13.2 Å². The molecule has 0 heterocycles. The van der Waals surface area contributed by atoms with Gasteiger partial charge in [-0.05, 0) is 135 Å². The van der Waals surface area contributed by atoms with Crippen molar-refractivity contribution in [1.29, 1.82) is 0 Å². The van der Waals surface area contributed by atoms with E-state index >= 15 is 0 Å². The van der Waals surface area contributed by atoms with Gasteiger partial charge < -0.3 is 0 Å². The minimum Gasteiger partial charge on any atom is -0.166 e. The molecule has 0 unspecified atom stereocenters. The van der Waals surface area contributed by atoms with Gasteiger partial charge in [-0.15, -0.1) is 0 Å². The van der Waals surface area contributed by atoms with E-state index in [-0.39, 0.29) is 5.41 Å². The number of hydrogen-bond acceptors (Lipinski definition) is 0. The van der Waals surface area contributed by atoms with E-state index in [1.807, 2.05) is 0 Å². The lowest BCUT2D eigenvalue weighted by molar-refractivity contribution is -0.137. The van der Waals surface area contributed by atoms with Gasteiger partial charge in [0.25, 0.3) is 0 Å². The van der Waals surface area contributed by atoms with E-state index in [4.69, 9.17) is 0 Å². The summed E-state index contributed by atoms with van der Waals surface area (Å²) in [5.41, 5.74) is 7.28. The van der Waals surface area contributed by atoms with E-state index in [1.54, 1.807) is 12.1 Å². The first kappa shape index (κ1) is 30.4. The fraction of sp³-hybridized carbons (Fsp3) is 0.106. The van der Waals surface area contributed by atoms with Crippen molar-refractivity contribution < 1.29 is 13.2 Å². The number of hydrogen-bond donors (Lipinski definition) is 0. The van der Waals surface area contributed by atoms with E-state index in [1.165, 1.54) is 60.1 Å². The first-order chi connectivity index (χ1) is 24.0. The van der Waals surface area contributed by atoms with Crippen molar-refractivity contribution in [3.05, 3.63) is 157 Å². The summed E-state index contributed by atoms with van der Waals surface area (Å²) < 4.78 is 39.7. The first-order valence-electron chi connectivity index (χ1n) is 17.0. The highest BCUT2D eigenvalue weighted by Gasteiger charge is 2.30. The smallest absolute Gasteiger partial charge is 0.166 e. The minimum atomic E-state index is -4.36. The molecule has 9 aromatic carbocycles. The molecule has 0 aliphatic carbocycles. The van der Waals surface area contributed by atoms with Gasteiger partial charge >= 0.3 is 6.18 Å². The van der Waals surface area contributed by atoms with Crippen molar-refractivity contribution >= 4 is 53.9 Å². The average molecular weight is 655 g/mol. The van der Waals surface area contributed by atoms with Crippen LogP contribution in [-0.4, -0.2) is 0 Å². The number of halogens is 3. The standard InChI is InChI=1S/C47H33F3/c1-46(2,3)36-20-18-29(19-21-36)44-38-8-4-6-10-40(38)45(41-11-7-5-9-39(41)44)35-26-32-14-12-30-24-34(28-16-22-37(23-17-28)47(48,49)50)25-31-13-15-33(27-35)43(32)42(30)31/h4-27H,1-3H3. The van der Waals surface area contributed by atoms with Crippen molar-refractivity contribution in [3.63, 3.8) is 0 Å². The summed E-state index contributed by atoms with van der Waals surface area (Å²) in [6, 6.07) is 49.5. The van der Waals surface area contributed by atoms with Crippen LogP contribution in [0.5, 0.6) is 0 Å². The second kappa shape index (κ2) is 10.9. The van der Waals surface area contributed by atoms with Crippen LogP contribution in [-0.2, 0) is 11.6 Å². The van der Waals surface area contributed by atoms with Gasteiger partial charge in [0.2, 0.25) is 0 Å². The van der Waals surface area contributed by atoms with Crippen molar-refractivity contribution in [2.45, 2.75) is 32.4 Å². The molecular weight excluding hydrogens is 622 g/mol. The van der Waals surface area contributed by atoms with Gasteiger partial charge in [-0.3, -0.25) is 0 Å². The van der Waals surface area contributed by atoms with Gasteiger partial charge in [0.15, 0.2) is 0 Å². The number of rotatable bonds is 3. The predicted molar refractivity (Wildman–Crippen MR) is 205 cm³/mol. The van der Waals surface area contributed by atoms with Crippen LogP contribution < -0.4 is 0 Å². The highest BCUT2D eigenvalue weighted by atomic mass is 19.4. The molecule has 0 saturated heterocycles. The Morgan fingerprint density at radius 1 is 0.360 bits per heavy atom. The molecule has 0 nitrogen and oxygen atoms in total. The predicted octanol–water partition coefficient (Wildman–Crippen LogP) is 14.2. The third-order valence-corrected chi connectivity index (χ3v) is 10.3. The van der Waals surface area contributed by atoms with Crippen molar-refractivity contribution in [3.8, 4) is 33.4 Å². The molecule has 0 aliphatic heterocycles. The fourth-order valence-corrected chi connectivity index (χ4v) is 7.89. The van der Waals surface area contributed by atoms with Crippen LogP contribution in [0, 0.1) is 0 Å². The Labute approximate surface area is 288 Å². The van der Waals surface area contributed by atoms with Gasteiger partial charge in [-0.25, -0.2) is 0 Å². The third kappa shape index (κ3) is 4.83. The summed E-state index contributed by atoms with van der Waals surface area (Å²) in [4.78, 5) is 0. The molecule has 0 spiro atoms. The molecule has 0 aliphatic rings. The summed E-state index contributed by atoms with van der Waals surface area (Å²) in [6.45, 7) is 6.74. The summed E-state index contributed by atoms with van der Waals surface area (Å²) in [6.07, 6.45) is -4.36. The molecule has 0 radical (unpaired) electrons. The van der Waals surface area contributed by atoms with E-state index in [2.05, 4.69) is 142 Å². The van der Waals surface area contributed by atoms with Crippen molar-refractivity contribution in [2.24, 2.45) is 0 Å². The zero-order chi connectivity index (χ0) is 34.4. The second-order valence-corrected chi connectivity index (χ2v) is 14.5. The Morgan fingerprint density at radius 2 is 0.720 bits per heavy atom. The van der Waals surface area contributed by atoms with Crippen LogP contribution in [0.4, 0.5) is 13.2 Å². The number of benzene rings is 9. The molecule has 0 amide bonds. The van der Waals surface area contributed by atoms with E-state index in [0.29, 0.717) is 0 Å². The maximum atomic E-state index is 13.2. The highest BCUT2D eigenvalue weighted by Crippen LogP contribution is 2.46. The molecule has 0 saturated carbocycles. The van der Waals surface area contributed by atoms with Crippen molar-refractivity contribution in [2.75, 3.05) is 0 Å². The molecule has 0 fully saturated rings. The zero-order valence-electron chi connectivity index (χ0n) is 28.0. The third-order valence-electron chi connectivity index (χ3n) is 10.3. The molecule has 3 heteroatoms. The molecule has 9 rings (SSSR count). The highest BCUT2D eigenvalue weighted by molar-refractivity contribution is 6.26. The van der Waals surface area contributed by atoms with E-state index in [9.17, 15) is 13.2 Å². The Morgan fingerprint density at radius 3 is 1.12 bits per heavy atom. The fourth-order valence-electron chi connectivity index (χ4n) is 7.89. The maximum absolute atomic E-state index is 13.2. The number of alkyl halides is 3. The summed E-state index contributed by atoms with van der Waals surface area (Å²) in [7, 11) is 0. The lowest BCUT2D eigenvalue weighted by Gasteiger charge is -2.21. The lowest BCUT2D eigenvalue weighted by atomic mass is 9.83. The Balaban J connectivity index is 1.23. The van der Waals surface area contributed by atoms with Gasteiger partial charge in [-0.1, -0.05) is 130 Å². The van der Waals surface area contributed by atoms with Crippen LogP contribution in [0.25, 0.3) is 87.2 Å². The first-order valence-corrected chi connectivity index (χ1v) is 17.0. The monoisotopic (exact) mass is 654 g/mol. The number of fused-ring (bicyclic) bond motifs is 2. The molecule has 0 aromatic heterocycles. The largest absolute Gasteiger partial charge is 0.416 e. The van der Waals surface area contributed by atoms with Gasteiger partial charge in [0, 0.05) is 0 Å². The van der Waals surface area contributed by atoms with Crippen LogP contribution in [0.2, 0.25) is 0 Å². The van der Waals surface area contributed by atoms with Crippen LogP contribution in [0.1, 0.15) is 31.9 Å². The molecule has 242 valence electrons. The zero-order valence-corrected chi connectivity index (χ0v) is 28.0. The lowest BCUT2D eigenvalue weighted by Crippen LogP contribution is -2.10. The molecule has 9 aromatic rings.